The van der Waals surface area contributed by atoms with E-state index in [1.807, 2.05) is 48.5 Å². The molecule has 36 heavy (non-hydrogen) atoms. The van der Waals surface area contributed by atoms with Crippen LogP contribution in [0.2, 0.25) is 0 Å². The summed E-state index contributed by atoms with van der Waals surface area (Å²) in [6, 6.07) is 15.6. The number of benzene rings is 2. The van der Waals surface area contributed by atoms with E-state index in [9.17, 15) is 9.59 Å². The van der Waals surface area contributed by atoms with Crippen LogP contribution in [0.1, 0.15) is 82.0 Å². The monoisotopic (exact) mass is 494 g/mol. The van der Waals surface area contributed by atoms with E-state index in [-0.39, 0.29) is 11.9 Å². The maximum absolute atomic E-state index is 12.2. The van der Waals surface area contributed by atoms with Gasteiger partial charge in [-0.15, -0.1) is 0 Å². The molecule has 0 fully saturated rings. The van der Waals surface area contributed by atoms with Gasteiger partial charge in [-0.2, -0.15) is 0 Å². The van der Waals surface area contributed by atoms with Crippen molar-refractivity contribution in [3.63, 3.8) is 0 Å². The van der Waals surface area contributed by atoms with E-state index in [4.69, 9.17) is 14.2 Å². The molecule has 0 heterocycles. The van der Waals surface area contributed by atoms with E-state index in [0.29, 0.717) is 24.7 Å². The molecule has 0 aromatic heterocycles. The lowest BCUT2D eigenvalue weighted by atomic mass is 10.0. The smallest absolute Gasteiger partial charge is 0.338 e. The van der Waals surface area contributed by atoms with Gasteiger partial charge in [-0.05, 0) is 54.2 Å². The molecule has 0 aliphatic heterocycles. The second-order valence-corrected chi connectivity index (χ2v) is 9.26. The molecule has 5 nitrogen and oxygen atoms in total. The number of hydrogen-bond donors (Lipinski definition) is 0. The zero-order valence-electron chi connectivity index (χ0n) is 22.0. The highest BCUT2D eigenvalue weighted by Gasteiger charge is 2.09. The first-order valence-electron chi connectivity index (χ1n) is 13.3. The van der Waals surface area contributed by atoms with Gasteiger partial charge in [-0.25, -0.2) is 9.59 Å². The molecule has 1 unspecified atom stereocenters. The van der Waals surface area contributed by atoms with Crippen LogP contribution in [0.5, 0.6) is 5.75 Å². The molecular weight excluding hydrogens is 452 g/mol. The van der Waals surface area contributed by atoms with Crippen molar-refractivity contribution in [3.05, 3.63) is 66.7 Å². The predicted molar refractivity (Wildman–Crippen MR) is 145 cm³/mol. The predicted octanol–water partition coefficient (Wildman–Crippen LogP) is 7.79. The van der Waals surface area contributed by atoms with Gasteiger partial charge >= 0.3 is 11.9 Å². The molecule has 0 N–H and O–H groups in total. The summed E-state index contributed by atoms with van der Waals surface area (Å²) in [7, 11) is 0. The van der Waals surface area contributed by atoms with E-state index < -0.39 is 0 Å². The van der Waals surface area contributed by atoms with Crippen LogP contribution >= 0.6 is 0 Å². The number of unbranched alkanes of at least 4 members (excludes halogenated alkanes) is 7. The van der Waals surface area contributed by atoms with Crippen LogP contribution in [0, 0.1) is 5.92 Å². The lowest BCUT2D eigenvalue weighted by Crippen LogP contribution is -2.11. The fraction of sp³-hybridized carbons (Fsp3) is 0.484. The summed E-state index contributed by atoms with van der Waals surface area (Å²) in [6.07, 6.45) is 11.3. The molecule has 2 aromatic rings. The highest BCUT2D eigenvalue weighted by Crippen LogP contribution is 2.23. The van der Waals surface area contributed by atoms with Gasteiger partial charge in [0, 0.05) is 6.08 Å². The number of rotatable bonds is 18. The minimum Gasteiger partial charge on any atom is -0.494 e. The summed E-state index contributed by atoms with van der Waals surface area (Å²) in [5.74, 6) is 0.643. The first-order chi connectivity index (χ1) is 17.5. The molecular formula is C31H42O5. The van der Waals surface area contributed by atoms with Crippen molar-refractivity contribution >= 4 is 11.9 Å². The Balaban J connectivity index is 1.57. The molecule has 0 saturated heterocycles. The molecule has 0 spiro atoms. The van der Waals surface area contributed by atoms with Gasteiger partial charge in [0.1, 0.15) is 5.75 Å². The first-order valence-corrected chi connectivity index (χ1v) is 13.3. The summed E-state index contributed by atoms with van der Waals surface area (Å²) in [4.78, 5) is 23.1. The van der Waals surface area contributed by atoms with E-state index in [1.165, 1.54) is 38.2 Å². The minimum absolute atomic E-state index is 0.269. The fourth-order valence-electron chi connectivity index (χ4n) is 3.65. The summed E-state index contributed by atoms with van der Waals surface area (Å²) in [5, 5.41) is 0. The Morgan fingerprint density at radius 3 is 1.86 bits per heavy atom. The highest BCUT2D eigenvalue weighted by molar-refractivity contribution is 5.90. The standard InChI is InChI=1S/C31H42O5/c1-4-25(3)24-36-31(33)28-16-14-26(15-17-28)27-18-20-29(21-19-27)34-22-12-10-8-6-7-9-11-13-23-35-30(32)5-2/h5,14-21,25H,2,4,6-13,22-24H2,1,3H3. The topological polar surface area (TPSA) is 61.8 Å². The largest absolute Gasteiger partial charge is 0.494 e. The molecule has 2 aromatic carbocycles. The summed E-state index contributed by atoms with van der Waals surface area (Å²) in [5.41, 5.74) is 2.71. The third kappa shape index (κ3) is 11.6. The molecule has 0 bridgehead atoms. The molecule has 0 aliphatic rings. The van der Waals surface area contributed by atoms with Crippen molar-refractivity contribution in [1.82, 2.24) is 0 Å². The Kier molecular flexibility index (Phi) is 14.1. The molecule has 1 atom stereocenters. The van der Waals surface area contributed by atoms with Crippen molar-refractivity contribution < 1.29 is 23.8 Å². The average Bonchev–Trinajstić information content (AvgIpc) is 2.92. The normalized spacial score (nSPS) is 11.5. The van der Waals surface area contributed by atoms with Crippen LogP contribution in [-0.4, -0.2) is 31.8 Å². The quantitative estimate of drug-likeness (QED) is 0.120. The van der Waals surface area contributed by atoms with E-state index in [2.05, 4.69) is 20.4 Å². The van der Waals surface area contributed by atoms with Gasteiger partial charge in [0.05, 0.1) is 25.4 Å². The summed E-state index contributed by atoms with van der Waals surface area (Å²) < 4.78 is 16.2. The molecule has 5 heteroatoms. The Morgan fingerprint density at radius 1 is 0.778 bits per heavy atom. The molecule has 0 saturated carbocycles. The summed E-state index contributed by atoms with van der Waals surface area (Å²) >= 11 is 0. The number of ether oxygens (including phenoxy) is 3. The van der Waals surface area contributed by atoms with Crippen molar-refractivity contribution in [2.75, 3.05) is 19.8 Å². The van der Waals surface area contributed by atoms with Gasteiger partial charge in [0.25, 0.3) is 0 Å². The van der Waals surface area contributed by atoms with Crippen molar-refractivity contribution in [2.45, 2.75) is 71.6 Å². The van der Waals surface area contributed by atoms with Gasteiger partial charge in [0.2, 0.25) is 0 Å². The highest BCUT2D eigenvalue weighted by atomic mass is 16.5. The second-order valence-electron chi connectivity index (χ2n) is 9.26. The molecule has 196 valence electrons. The van der Waals surface area contributed by atoms with Crippen LogP contribution in [0.15, 0.2) is 61.2 Å². The number of carbonyl (C=O) groups is 2. The Morgan fingerprint density at radius 2 is 1.31 bits per heavy atom. The maximum Gasteiger partial charge on any atom is 0.338 e. The zero-order valence-corrected chi connectivity index (χ0v) is 22.0. The van der Waals surface area contributed by atoms with Gasteiger partial charge in [-0.1, -0.05) is 89.6 Å². The SMILES string of the molecule is C=CC(=O)OCCCCCCCCCCOc1ccc(-c2ccc(C(=O)OCC(C)CC)cc2)cc1. The van der Waals surface area contributed by atoms with E-state index in [0.717, 1.165) is 49.2 Å². The number of hydrogen-bond acceptors (Lipinski definition) is 5. The van der Waals surface area contributed by atoms with Crippen LogP contribution in [0.25, 0.3) is 11.1 Å². The third-order valence-electron chi connectivity index (χ3n) is 6.22. The Hall–Kier alpha value is -3.08. The maximum atomic E-state index is 12.2. The van der Waals surface area contributed by atoms with Gasteiger partial charge < -0.3 is 14.2 Å². The van der Waals surface area contributed by atoms with Crippen molar-refractivity contribution in [2.24, 2.45) is 5.92 Å². The lowest BCUT2D eigenvalue weighted by Gasteiger charge is -2.10. The van der Waals surface area contributed by atoms with Crippen molar-refractivity contribution in [3.8, 4) is 16.9 Å². The molecule has 0 amide bonds. The van der Waals surface area contributed by atoms with Crippen molar-refractivity contribution in [1.29, 1.82) is 0 Å². The Bertz CT molecular complexity index is 902. The minimum atomic E-state index is -0.337. The van der Waals surface area contributed by atoms with Crippen LogP contribution in [0.4, 0.5) is 0 Å². The van der Waals surface area contributed by atoms with Gasteiger partial charge in [0.15, 0.2) is 0 Å². The van der Waals surface area contributed by atoms with Gasteiger partial charge in [-0.3, -0.25) is 0 Å². The van der Waals surface area contributed by atoms with Crippen LogP contribution < -0.4 is 4.74 Å². The van der Waals surface area contributed by atoms with E-state index in [1.54, 1.807) is 0 Å². The number of carbonyl (C=O) groups excluding carboxylic acids is 2. The second kappa shape index (κ2) is 17.4. The Labute approximate surface area is 216 Å². The van der Waals surface area contributed by atoms with Crippen LogP contribution in [-0.2, 0) is 14.3 Å². The molecule has 0 aliphatic carbocycles. The molecule has 2 rings (SSSR count). The fourth-order valence-corrected chi connectivity index (χ4v) is 3.65. The summed E-state index contributed by atoms with van der Waals surface area (Å²) in [6.45, 7) is 9.22. The third-order valence-corrected chi connectivity index (χ3v) is 6.22. The average molecular weight is 495 g/mol. The first kappa shape index (κ1) is 29.2. The van der Waals surface area contributed by atoms with E-state index >= 15 is 0 Å². The molecule has 0 radical (unpaired) electrons. The lowest BCUT2D eigenvalue weighted by molar-refractivity contribution is -0.137. The zero-order chi connectivity index (χ0) is 26.0. The number of esters is 2. The van der Waals surface area contributed by atoms with Crippen LogP contribution in [0.3, 0.4) is 0 Å².